The van der Waals surface area contributed by atoms with Gasteiger partial charge in [-0.2, -0.15) is 35.7 Å². The lowest BCUT2D eigenvalue weighted by molar-refractivity contribution is -0.184. The number of amides is 1. The van der Waals surface area contributed by atoms with Crippen LogP contribution in [0.1, 0.15) is 61.8 Å². The van der Waals surface area contributed by atoms with Crippen molar-refractivity contribution in [2.45, 2.75) is 87.7 Å². The van der Waals surface area contributed by atoms with Crippen molar-refractivity contribution in [3.05, 3.63) is 35.0 Å². The van der Waals surface area contributed by atoms with Crippen LogP contribution < -0.4 is 0 Å². The molecule has 284 valence electrons. The predicted molar refractivity (Wildman–Crippen MR) is 183 cm³/mol. The highest BCUT2D eigenvalue weighted by Gasteiger charge is 2.41. The topological polar surface area (TPSA) is 82.0 Å². The Morgan fingerprint density at radius 1 is 0.882 bits per heavy atom. The van der Waals surface area contributed by atoms with E-state index in [1.54, 1.807) is 0 Å². The molecule has 0 atom stereocenters. The van der Waals surface area contributed by atoms with Crippen molar-refractivity contribution in [3.8, 4) is 11.3 Å². The molecule has 4 aliphatic heterocycles. The largest absolute Gasteiger partial charge is 0.417 e. The first-order chi connectivity index (χ1) is 24.1. The Morgan fingerprint density at radius 2 is 1.57 bits per heavy atom. The van der Waals surface area contributed by atoms with E-state index < -0.39 is 33.9 Å². The zero-order valence-corrected chi connectivity index (χ0v) is 30.4. The first kappa shape index (κ1) is 38.4. The Balaban J connectivity index is 1.16. The van der Waals surface area contributed by atoms with Crippen LogP contribution in [0.3, 0.4) is 0 Å². The van der Waals surface area contributed by atoms with Crippen molar-refractivity contribution in [2.75, 3.05) is 64.4 Å². The highest BCUT2D eigenvalue weighted by atomic mass is 32.2. The van der Waals surface area contributed by atoms with Gasteiger partial charge in [-0.1, -0.05) is 6.07 Å². The van der Waals surface area contributed by atoms with Crippen LogP contribution in [0.5, 0.6) is 0 Å². The summed E-state index contributed by atoms with van der Waals surface area (Å²) in [6, 6.07) is 4.19. The summed E-state index contributed by atoms with van der Waals surface area (Å²) in [5.74, 6) is -0.822. The fraction of sp³-hybridized carbons (Fsp3) is 0.706. The van der Waals surface area contributed by atoms with Crippen LogP contribution in [-0.2, 0) is 40.5 Å². The summed E-state index contributed by atoms with van der Waals surface area (Å²) in [4.78, 5) is 18.5. The van der Waals surface area contributed by atoms with Gasteiger partial charge in [-0.25, -0.2) is 8.42 Å². The van der Waals surface area contributed by atoms with Crippen LogP contribution in [0, 0.1) is 5.92 Å². The molecule has 3 saturated heterocycles. The first-order valence-electron chi connectivity index (χ1n) is 17.8. The smallest absolute Gasteiger partial charge is 0.340 e. The van der Waals surface area contributed by atoms with Gasteiger partial charge in [0.05, 0.1) is 23.4 Å². The molecular formula is C34H46F6N6O3S2. The Morgan fingerprint density at radius 3 is 2.20 bits per heavy atom. The minimum atomic E-state index is -4.61. The lowest BCUT2D eigenvalue weighted by Crippen LogP contribution is -2.45. The van der Waals surface area contributed by atoms with Gasteiger partial charge in [0.25, 0.3) is 0 Å². The number of likely N-dealkylation sites (tertiary alicyclic amines) is 3. The summed E-state index contributed by atoms with van der Waals surface area (Å²) in [6.45, 7) is 5.25. The van der Waals surface area contributed by atoms with Gasteiger partial charge in [-0.05, 0) is 70.3 Å². The summed E-state index contributed by atoms with van der Waals surface area (Å²) in [5.41, 5.74) is 1.69. The third-order valence-corrected chi connectivity index (χ3v) is 13.1. The number of hydrogen-bond donors (Lipinski definition) is 0. The second-order valence-electron chi connectivity index (χ2n) is 14.2. The molecule has 0 aliphatic carbocycles. The number of alkyl halides is 6. The number of fused-ring (bicyclic) bond motifs is 1. The summed E-state index contributed by atoms with van der Waals surface area (Å²) in [5, 5.41) is 4.89. The Hall–Kier alpha value is -2.34. The molecule has 5 heterocycles. The van der Waals surface area contributed by atoms with Crippen molar-refractivity contribution >= 4 is 27.7 Å². The van der Waals surface area contributed by atoms with E-state index in [0.29, 0.717) is 48.8 Å². The van der Waals surface area contributed by atoms with Crippen molar-refractivity contribution in [2.24, 2.45) is 5.92 Å². The fourth-order valence-corrected chi connectivity index (χ4v) is 9.82. The van der Waals surface area contributed by atoms with Gasteiger partial charge in [0.2, 0.25) is 15.9 Å². The maximum Gasteiger partial charge on any atom is 0.417 e. The van der Waals surface area contributed by atoms with Crippen molar-refractivity contribution in [1.29, 1.82) is 0 Å². The zero-order chi connectivity index (χ0) is 36.6. The number of hydrogen-bond acceptors (Lipinski definition) is 7. The number of piperidine rings is 2. The van der Waals surface area contributed by atoms with Crippen LogP contribution >= 0.6 is 11.8 Å². The van der Waals surface area contributed by atoms with Crippen LogP contribution in [-0.4, -0.2) is 120 Å². The molecule has 17 heteroatoms. The predicted octanol–water partition coefficient (Wildman–Crippen LogP) is 5.73. The molecule has 1 aromatic heterocycles. The fourth-order valence-electron chi connectivity index (χ4n) is 7.91. The molecule has 0 spiro atoms. The number of nitrogens with zero attached hydrogens (tertiary/aromatic N) is 6. The molecule has 4 aliphatic rings. The Kier molecular flexibility index (Phi) is 11.7. The van der Waals surface area contributed by atoms with Gasteiger partial charge in [0.15, 0.2) is 0 Å². The van der Waals surface area contributed by atoms with Crippen molar-refractivity contribution in [3.63, 3.8) is 0 Å². The number of thioether (sulfide) groups is 1. The Bertz CT molecular complexity index is 1650. The molecule has 0 N–H and O–H groups in total. The maximum atomic E-state index is 14.1. The van der Waals surface area contributed by atoms with E-state index in [4.69, 9.17) is 5.10 Å². The minimum absolute atomic E-state index is 0.00305. The van der Waals surface area contributed by atoms with Crippen molar-refractivity contribution in [1.82, 2.24) is 28.8 Å². The molecule has 2 aromatic rings. The lowest BCUT2D eigenvalue weighted by Gasteiger charge is -2.36. The third-order valence-electron chi connectivity index (χ3n) is 10.8. The molecule has 0 unspecified atom stereocenters. The van der Waals surface area contributed by atoms with E-state index >= 15 is 0 Å². The van der Waals surface area contributed by atoms with Crippen molar-refractivity contribution < 1.29 is 39.6 Å². The summed E-state index contributed by atoms with van der Waals surface area (Å²) in [7, 11) is -3.53. The van der Waals surface area contributed by atoms with Gasteiger partial charge in [-0.3, -0.25) is 9.48 Å². The molecule has 0 saturated carbocycles. The molecule has 0 radical (unpaired) electrons. The quantitative estimate of drug-likeness (QED) is 0.214. The number of benzene rings is 1. The van der Waals surface area contributed by atoms with E-state index in [2.05, 4.69) is 4.90 Å². The second kappa shape index (κ2) is 15.6. The Labute approximate surface area is 299 Å². The van der Waals surface area contributed by atoms with Crippen LogP contribution in [0.25, 0.3) is 11.3 Å². The van der Waals surface area contributed by atoms with Gasteiger partial charge < -0.3 is 14.7 Å². The summed E-state index contributed by atoms with van der Waals surface area (Å²) in [6.07, 6.45) is -3.08. The van der Waals surface area contributed by atoms with Gasteiger partial charge in [-0.15, -0.1) is 11.8 Å². The number of aryl methyl sites for hydroxylation is 1. The van der Waals surface area contributed by atoms with Gasteiger partial charge in [0.1, 0.15) is 0 Å². The van der Waals surface area contributed by atoms with Crippen LogP contribution in [0.15, 0.2) is 23.1 Å². The molecular weight excluding hydrogens is 719 g/mol. The summed E-state index contributed by atoms with van der Waals surface area (Å²) < 4.78 is 110. The van der Waals surface area contributed by atoms with E-state index in [9.17, 15) is 39.6 Å². The lowest BCUT2D eigenvalue weighted by atomic mass is 9.96. The third kappa shape index (κ3) is 9.25. The van der Waals surface area contributed by atoms with Crippen LogP contribution in [0.2, 0.25) is 0 Å². The number of halogens is 6. The van der Waals surface area contributed by atoms with Crippen LogP contribution in [0.4, 0.5) is 26.3 Å². The molecule has 1 aromatic carbocycles. The second-order valence-corrected chi connectivity index (χ2v) is 17.3. The standard InChI is InChI=1S/C34H46F6N6O3S2/c1-51(48,49)44-19-11-29-27(23-44)32(41-46(29)14-3-12-42-17-9-26(10-18-42)45-13-2-4-31(45)47)24-5-6-28(34(38,39)40)30(22-24)50-21-20-43-15-7-25(8-16-43)33(35,36)37/h5-6,22,25-26H,2-4,7-21,23H2,1H3. The minimum Gasteiger partial charge on any atom is -0.340 e. The average molecular weight is 765 g/mol. The molecule has 51 heavy (non-hydrogen) atoms. The SMILES string of the molecule is CS(=O)(=O)N1CCc2c(c(-c3ccc(C(F)(F)F)c(SCCN4CCC(C(F)(F)F)CC4)c3)nn2CCCN2CCC(N3CCCC3=O)CC2)C1. The highest BCUT2D eigenvalue weighted by Crippen LogP contribution is 2.41. The molecule has 6 rings (SSSR count). The maximum absolute atomic E-state index is 14.1. The number of sulfonamides is 1. The number of aromatic nitrogens is 2. The molecule has 9 nitrogen and oxygen atoms in total. The molecule has 0 bridgehead atoms. The number of carbonyl (C=O) groups excluding carboxylic acids is 1. The van der Waals surface area contributed by atoms with E-state index in [1.807, 2.05) is 14.5 Å². The average Bonchev–Trinajstić information content (AvgIpc) is 3.67. The normalized spacial score (nSPS) is 21.2. The van der Waals surface area contributed by atoms with Gasteiger partial charge >= 0.3 is 12.4 Å². The zero-order valence-electron chi connectivity index (χ0n) is 28.8. The first-order valence-corrected chi connectivity index (χ1v) is 20.6. The monoisotopic (exact) mass is 764 g/mol. The number of carbonyl (C=O) groups is 1. The van der Waals surface area contributed by atoms with Gasteiger partial charge in [0, 0.05) is 92.2 Å². The molecule has 1 amide bonds. The van der Waals surface area contributed by atoms with E-state index in [-0.39, 0.29) is 55.6 Å². The van der Waals surface area contributed by atoms with E-state index in [0.717, 1.165) is 81.6 Å². The summed E-state index contributed by atoms with van der Waals surface area (Å²) >= 11 is 1.02. The number of rotatable bonds is 11. The van der Waals surface area contributed by atoms with E-state index in [1.165, 1.54) is 16.4 Å². The highest BCUT2D eigenvalue weighted by molar-refractivity contribution is 7.99. The molecule has 3 fully saturated rings.